The summed E-state index contributed by atoms with van der Waals surface area (Å²) in [5.41, 5.74) is 3.15. The molecule has 4 rings (SSSR count). The second-order valence-electron chi connectivity index (χ2n) is 8.45. The first kappa shape index (κ1) is 22.6. The van der Waals surface area contributed by atoms with E-state index in [0.29, 0.717) is 18.3 Å². The van der Waals surface area contributed by atoms with Crippen molar-refractivity contribution in [1.82, 2.24) is 20.4 Å². The van der Waals surface area contributed by atoms with Crippen molar-refractivity contribution < 1.29 is 19.4 Å². The van der Waals surface area contributed by atoms with Crippen molar-refractivity contribution >= 4 is 17.9 Å². The Morgan fingerprint density at radius 2 is 1.85 bits per heavy atom. The van der Waals surface area contributed by atoms with Gasteiger partial charge >= 0.3 is 6.03 Å². The number of hydrogen-bond acceptors (Lipinski definition) is 5. The third-order valence-electron chi connectivity index (χ3n) is 5.88. The molecule has 2 aliphatic heterocycles. The maximum atomic E-state index is 12.7. The number of rotatable bonds is 7. The lowest BCUT2D eigenvalue weighted by atomic mass is 10.1. The SMILES string of the molecule is Cc1ccc(CN=C2NC3C(C(=O)NC(=O)N3C)N2CC(O)COc2ccccc2C)cc1. The highest BCUT2D eigenvalue weighted by atomic mass is 16.5. The molecule has 2 aromatic rings. The number of carbonyl (C=O) groups excluding carboxylic acids is 2. The van der Waals surface area contributed by atoms with E-state index in [-0.39, 0.29) is 13.2 Å². The van der Waals surface area contributed by atoms with E-state index in [1.54, 1.807) is 11.9 Å². The van der Waals surface area contributed by atoms with Crippen LogP contribution < -0.4 is 15.4 Å². The Hall–Kier alpha value is -3.59. The lowest BCUT2D eigenvalue weighted by Crippen LogP contribution is -2.65. The van der Waals surface area contributed by atoms with Gasteiger partial charge in [-0.25, -0.2) is 9.79 Å². The summed E-state index contributed by atoms with van der Waals surface area (Å²) in [6.45, 7) is 4.52. The number of guanidine groups is 1. The summed E-state index contributed by atoms with van der Waals surface area (Å²) in [5, 5.41) is 16.3. The Balaban J connectivity index is 1.52. The number of aryl methyl sites for hydroxylation is 2. The summed E-state index contributed by atoms with van der Waals surface area (Å²) in [6.07, 6.45) is -1.46. The molecule has 0 saturated carbocycles. The van der Waals surface area contributed by atoms with Gasteiger partial charge in [0.1, 0.15) is 24.6 Å². The number of benzene rings is 2. The average molecular weight is 452 g/mol. The quantitative estimate of drug-likeness (QED) is 0.587. The number of aliphatic hydroxyl groups excluding tert-OH is 1. The Labute approximate surface area is 193 Å². The second kappa shape index (κ2) is 9.50. The van der Waals surface area contributed by atoms with E-state index in [1.807, 2.05) is 62.4 Å². The van der Waals surface area contributed by atoms with Gasteiger partial charge in [0.2, 0.25) is 0 Å². The predicted molar refractivity (Wildman–Crippen MR) is 124 cm³/mol. The molecule has 2 aromatic carbocycles. The predicted octanol–water partition coefficient (Wildman–Crippen LogP) is 1.38. The monoisotopic (exact) mass is 451 g/mol. The van der Waals surface area contributed by atoms with Crippen LogP contribution in [0, 0.1) is 13.8 Å². The van der Waals surface area contributed by atoms with Crippen LogP contribution in [0.5, 0.6) is 5.75 Å². The normalized spacial score (nSPS) is 22.1. The van der Waals surface area contributed by atoms with Gasteiger partial charge in [0.15, 0.2) is 12.0 Å². The molecule has 2 aliphatic rings. The minimum atomic E-state index is -0.884. The number of ether oxygens (including phenoxy) is 1. The van der Waals surface area contributed by atoms with Crippen LogP contribution in [-0.2, 0) is 11.3 Å². The molecule has 3 atom stereocenters. The Morgan fingerprint density at radius 3 is 2.58 bits per heavy atom. The maximum Gasteiger partial charge on any atom is 0.325 e. The minimum Gasteiger partial charge on any atom is -0.491 e. The number of para-hydroxylation sites is 1. The number of likely N-dealkylation sites (N-methyl/N-ethyl adjacent to an activating group) is 1. The highest BCUT2D eigenvalue weighted by Crippen LogP contribution is 2.22. The summed E-state index contributed by atoms with van der Waals surface area (Å²) in [7, 11) is 1.62. The molecule has 2 heterocycles. The molecular formula is C24H29N5O4. The molecule has 0 spiro atoms. The molecule has 3 amide bonds. The number of imide groups is 1. The third kappa shape index (κ3) is 4.93. The molecule has 3 N–H and O–H groups in total. The second-order valence-corrected chi connectivity index (χ2v) is 8.45. The van der Waals surface area contributed by atoms with Crippen LogP contribution in [0.1, 0.15) is 16.7 Å². The van der Waals surface area contributed by atoms with Crippen molar-refractivity contribution in [1.29, 1.82) is 0 Å². The molecule has 9 heteroatoms. The zero-order valence-electron chi connectivity index (χ0n) is 19.0. The number of fused-ring (bicyclic) bond motifs is 1. The van der Waals surface area contributed by atoms with E-state index in [4.69, 9.17) is 4.74 Å². The number of hydrogen-bond donors (Lipinski definition) is 3. The Kier molecular flexibility index (Phi) is 6.50. The van der Waals surface area contributed by atoms with Crippen molar-refractivity contribution in [2.75, 3.05) is 20.2 Å². The maximum absolute atomic E-state index is 12.7. The van der Waals surface area contributed by atoms with Crippen LogP contribution in [0.15, 0.2) is 53.5 Å². The van der Waals surface area contributed by atoms with E-state index < -0.39 is 30.2 Å². The summed E-state index contributed by atoms with van der Waals surface area (Å²) in [4.78, 5) is 32.6. The first-order chi connectivity index (χ1) is 15.8. The summed E-state index contributed by atoms with van der Waals surface area (Å²) in [6, 6.07) is 14.4. The van der Waals surface area contributed by atoms with Gasteiger partial charge in [-0.15, -0.1) is 0 Å². The lowest BCUT2D eigenvalue weighted by molar-refractivity contribution is -0.127. The van der Waals surface area contributed by atoms with Crippen molar-refractivity contribution in [2.45, 2.75) is 38.7 Å². The van der Waals surface area contributed by atoms with Crippen molar-refractivity contribution in [3.8, 4) is 5.75 Å². The molecule has 0 bridgehead atoms. The van der Waals surface area contributed by atoms with Crippen LogP contribution in [-0.4, -0.2) is 71.3 Å². The molecule has 2 saturated heterocycles. The largest absolute Gasteiger partial charge is 0.491 e. The zero-order chi connectivity index (χ0) is 23.5. The number of amides is 3. The summed E-state index contributed by atoms with van der Waals surface area (Å²) >= 11 is 0. The number of nitrogens with one attached hydrogen (secondary N) is 2. The summed E-state index contributed by atoms with van der Waals surface area (Å²) < 4.78 is 5.78. The number of urea groups is 1. The van der Waals surface area contributed by atoms with E-state index in [0.717, 1.165) is 16.7 Å². The highest BCUT2D eigenvalue weighted by Gasteiger charge is 2.50. The van der Waals surface area contributed by atoms with Crippen molar-refractivity contribution in [3.05, 3.63) is 65.2 Å². The van der Waals surface area contributed by atoms with E-state index >= 15 is 0 Å². The molecule has 0 aromatic heterocycles. The van der Waals surface area contributed by atoms with Gasteiger partial charge in [-0.2, -0.15) is 0 Å². The zero-order valence-corrected chi connectivity index (χ0v) is 19.0. The first-order valence-corrected chi connectivity index (χ1v) is 10.9. The van der Waals surface area contributed by atoms with Gasteiger partial charge in [0.05, 0.1) is 13.1 Å². The van der Waals surface area contributed by atoms with Crippen LogP contribution in [0.25, 0.3) is 0 Å². The fourth-order valence-corrected chi connectivity index (χ4v) is 3.96. The van der Waals surface area contributed by atoms with E-state index in [1.165, 1.54) is 4.90 Å². The van der Waals surface area contributed by atoms with Crippen LogP contribution in [0.4, 0.5) is 4.79 Å². The number of nitrogens with zero attached hydrogens (tertiary/aromatic N) is 3. The van der Waals surface area contributed by atoms with Gasteiger partial charge < -0.3 is 25.0 Å². The van der Waals surface area contributed by atoms with Crippen LogP contribution >= 0.6 is 0 Å². The van der Waals surface area contributed by atoms with E-state index in [2.05, 4.69) is 15.6 Å². The fraction of sp³-hybridized carbons (Fsp3) is 0.375. The molecule has 3 unspecified atom stereocenters. The highest BCUT2D eigenvalue weighted by molar-refractivity contribution is 6.04. The summed E-state index contributed by atoms with van der Waals surface area (Å²) in [5.74, 6) is 0.725. The molecule has 2 fully saturated rings. The molecule has 0 radical (unpaired) electrons. The average Bonchev–Trinajstić information content (AvgIpc) is 3.15. The van der Waals surface area contributed by atoms with Crippen LogP contribution in [0.2, 0.25) is 0 Å². The van der Waals surface area contributed by atoms with Gasteiger partial charge in [0.25, 0.3) is 5.91 Å². The minimum absolute atomic E-state index is 0.0559. The number of aliphatic hydroxyl groups is 1. The Bertz CT molecular complexity index is 1060. The van der Waals surface area contributed by atoms with Gasteiger partial charge in [0, 0.05) is 7.05 Å². The third-order valence-corrected chi connectivity index (χ3v) is 5.88. The molecule has 9 nitrogen and oxygen atoms in total. The van der Waals surface area contributed by atoms with Gasteiger partial charge in [-0.3, -0.25) is 10.1 Å². The lowest BCUT2D eigenvalue weighted by Gasteiger charge is -2.35. The molecule has 174 valence electrons. The van der Waals surface area contributed by atoms with Crippen molar-refractivity contribution in [3.63, 3.8) is 0 Å². The smallest absolute Gasteiger partial charge is 0.325 e. The molecule has 0 aliphatic carbocycles. The number of aliphatic imine (C=N–C) groups is 1. The topological polar surface area (TPSA) is 106 Å². The van der Waals surface area contributed by atoms with Crippen molar-refractivity contribution in [2.24, 2.45) is 4.99 Å². The first-order valence-electron chi connectivity index (χ1n) is 10.9. The fourth-order valence-electron chi connectivity index (χ4n) is 3.96. The number of carbonyl (C=O) groups is 2. The Morgan fingerprint density at radius 1 is 1.12 bits per heavy atom. The van der Waals surface area contributed by atoms with E-state index in [9.17, 15) is 14.7 Å². The molecular weight excluding hydrogens is 422 g/mol. The van der Waals surface area contributed by atoms with Gasteiger partial charge in [-0.1, -0.05) is 48.0 Å². The van der Waals surface area contributed by atoms with Crippen LogP contribution in [0.3, 0.4) is 0 Å². The standard InChI is InChI=1S/C24H29N5O4/c1-15-8-10-17(11-9-15)12-25-23-26-21-20(22(31)27-24(32)28(21)3)29(23)13-18(30)14-33-19-7-5-4-6-16(19)2/h4-11,18,20-21,30H,12-14H2,1-3H3,(H,25,26)(H,27,31,32). The molecule has 33 heavy (non-hydrogen) atoms. The number of β-amino-alcohol motifs (C(OH)–C–C–N with tert-alkyl or cyclic N) is 1. The van der Waals surface area contributed by atoms with Gasteiger partial charge in [-0.05, 0) is 31.0 Å².